The molecule has 0 radical (unpaired) electrons. The Balaban J connectivity index is 1.84. The fraction of sp³-hybridized carbons (Fsp3) is 0.167. The van der Waals surface area contributed by atoms with Gasteiger partial charge in [-0.05, 0) is 42.3 Å². The van der Waals surface area contributed by atoms with Crippen LogP contribution in [0.15, 0.2) is 60.7 Å². The Morgan fingerprint density at radius 3 is 2.55 bits per heavy atom. The van der Waals surface area contributed by atoms with E-state index in [1.807, 2.05) is 49.4 Å². The molecule has 4 aromatic rings. The Hall–Kier alpha value is -3.09. The fourth-order valence-electron chi connectivity index (χ4n) is 3.45. The normalized spacial score (nSPS) is 10.8. The van der Waals surface area contributed by atoms with Gasteiger partial charge in [0.15, 0.2) is 16.6 Å². The van der Waals surface area contributed by atoms with Gasteiger partial charge in [0, 0.05) is 5.02 Å². The van der Waals surface area contributed by atoms with E-state index in [1.54, 1.807) is 30.2 Å². The number of thiazole rings is 1. The monoisotopic (exact) mass is 452 g/mol. The van der Waals surface area contributed by atoms with Gasteiger partial charge < -0.3 is 9.47 Å². The predicted octanol–water partition coefficient (Wildman–Crippen LogP) is 6.12. The molecule has 1 heterocycles. The highest BCUT2D eigenvalue weighted by molar-refractivity contribution is 7.22. The molecule has 0 saturated carbocycles. The van der Waals surface area contributed by atoms with Crippen LogP contribution in [0.2, 0.25) is 5.02 Å². The first-order valence-electron chi connectivity index (χ1n) is 9.65. The molecule has 0 N–H and O–H groups in total. The van der Waals surface area contributed by atoms with Crippen molar-refractivity contribution in [1.82, 2.24) is 4.98 Å². The quantitative estimate of drug-likeness (QED) is 0.353. The van der Waals surface area contributed by atoms with Crippen molar-refractivity contribution < 1.29 is 14.3 Å². The molecule has 0 fully saturated rings. The lowest BCUT2D eigenvalue weighted by Crippen LogP contribution is -2.30. The van der Waals surface area contributed by atoms with Gasteiger partial charge in [-0.2, -0.15) is 0 Å². The minimum absolute atomic E-state index is 0.220. The number of hydrogen-bond acceptors (Lipinski definition) is 5. The molecule has 158 valence electrons. The summed E-state index contributed by atoms with van der Waals surface area (Å²) in [7, 11) is 3.08. The molecule has 0 spiro atoms. The molecule has 0 aliphatic rings. The summed E-state index contributed by atoms with van der Waals surface area (Å²) in [5.74, 6) is 0.677. The van der Waals surface area contributed by atoms with Crippen LogP contribution >= 0.6 is 22.9 Å². The number of nitrogens with zero attached hydrogens (tertiary/aromatic N) is 2. The fourth-order valence-corrected chi connectivity index (χ4v) is 4.87. The molecular formula is C24H21ClN2O3S. The zero-order valence-electron chi connectivity index (χ0n) is 17.4. The number of ether oxygens (including phenoxy) is 2. The average Bonchev–Trinajstić information content (AvgIpc) is 3.21. The van der Waals surface area contributed by atoms with Crippen molar-refractivity contribution in [3.05, 3.63) is 82.4 Å². The van der Waals surface area contributed by atoms with E-state index in [0.717, 1.165) is 21.3 Å². The maximum absolute atomic E-state index is 13.8. The van der Waals surface area contributed by atoms with Crippen LogP contribution in [0.25, 0.3) is 10.2 Å². The summed E-state index contributed by atoms with van der Waals surface area (Å²) in [6.07, 6.45) is 0. The van der Waals surface area contributed by atoms with E-state index in [2.05, 4.69) is 0 Å². The lowest BCUT2D eigenvalue weighted by Gasteiger charge is -2.22. The molecule has 1 amide bonds. The first kappa shape index (κ1) is 21.2. The van der Waals surface area contributed by atoms with Crippen molar-refractivity contribution in [2.24, 2.45) is 0 Å². The third kappa shape index (κ3) is 4.22. The smallest absolute Gasteiger partial charge is 0.264 e. The Morgan fingerprint density at radius 2 is 1.84 bits per heavy atom. The van der Waals surface area contributed by atoms with Crippen LogP contribution in [-0.2, 0) is 6.54 Å². The molecule has 0 atom stereocenters. The van der Waals surface area contributed by atoms with Gasteiger partial charge in [-0.15, -0.1) is 0 Å². The number of carbonyl (C=O) groups is 1. The third-order valence-corrected chi connectivity index (χ3v) is 6.18. The number of hydrogen-bond donors (Lipinski definition) is 0. The Bertz CT molecular complexity index is 1240. The Labute approximate surface area is 189 Å². The van der Waals surface area contributed by atoms with Crippen LogP contribution in [0.5, 0.6) is 11.5 Å². The molecule has 0 unspecified atom stereocenters. The summed E-state index contributed by atoms with van der Waals surface area (Å²) < 4.78 is 11.8. The van der Waals surface area contributed by atoms with Crippen LogP contribution in [0.1, 0.15) is 21.5 Å². The third-order valence-electron chi connectivity index (χ3n) is 4.93. The molecule has 0 aliphatic carbocycles. The van der Waals surface area contributed by atoms with Crippen molar-refractivity contribution in [3.8, 4) is 11.5 Å². The number of rotatable bonds is 6. The van der Waals surface area contributed by atoms with Crippen molar-refractivity contribution in [2.45, 2.75) is 13.5 Å². The molecule has 0 saturated heterocycles. The summed E-state index contributed by atoms with van der Waals surface area (Å²) in [6.45, 7) is 2.33. The molecule has 0 aliphatic heterocycles. The van der Waals surface area contributed by atoms with Crippen molar-refractivity contribution in [2.75, 3.05) is 19.1 Å². The van der Waals surface area contributed by atoms with E-state index in [4.69, 9.17) is 26.1 Å². The minimum Gasteiger partial charge on any atom is -0.493 e. The zero-order valence-corrected chi connectivity index (χ0v) is 19.0. The van der Waals surface area contributed by atoms with E-state index >= 15 is 0 Å². The standard InChI is InChI=1S/C24H21ClN2O3S/c1-15-12-17(25)13-20-21(15)26-24(31-20)27(14-16-8-5-4-6-9-16)23(28)18-10-7-11-19(29-2)22(18)30-3/h4-13H,14H2,1-3H3. The summed E-state index contributed by atoms with van der Waals surface area (Å²) in [5, 5.41) is 1.25. The first-order chi connectivity index (χ1) is 15.0. The molecule has 0 bridgehead atoms. The highest BCUT2D eigenvalue weighted by Crippen LogP contribution is 2.37. The number of carbonyl (C=O) groups excluding carboxylic acids is 1. The summed E-state index contributed by atoms with van der Waals surface area (Å²) in [6, 6.07) is 18.8. The lowest BCUT2D eigenvalue weighted by atomic mass is 10.1. The second kappa shape index (κ2) is 8.96. The topological polar surface area (TPSA) is 51.7 Å². The van der Waals surface area contributed by atoms with Gasteiger partial charge in [-0.3, -0.25) is 9.69 Å². The van der Waals surface area contributed by atoms with Crippen molar-refractivity contribution >= 4 is 44.2 Å². The summed E-state index contributed by atoms with van der Waals surface area (Å²) in [4.78, 5) is 20.2. The minimum atomic E-state index is -0.220. The Morgan fingerprint density at radius 1 is 1.06 bits per heavy atom. The van der Waals surface area contributed by atoms with Gasteiger partial charge in [0.05, 0.1) is 36.5 Å². The van der Waals surface area contributed by atoms with Gasteiger partial charge in [0.25, 0.3) is 5.91 Å². The summed E-state index contributed by atoms with van der Waals surface area (Å²) >= 11 is 7.68. The van der Waals surface area contributed by atoms with Crippen LogP contribution in [0, 0.1) is 6.92 Å². The van der Waals surface area contributed by atoms with Crippen molar-refractivity contribution in [1.29, 1.82) is 0 Å². The van der Waals surface area contributed by atoms with Crippen LogP contribution in [0.4, 0.5) is 5.13 Å². The number of benzene rings is 3. The SMILES string of the molecule is COc1cccc(C(=O)N(Cc2ccccc2)c2nc3c(C)cc(Cl)cc3s2)c1OC. The van der Waals surface area contributed by atoms with E-state index in [9.17, 15) is 4.79 Å². The number of aromatic nitrogens is 1. The molecule has 7 heteroatoms. The second-order valence-corrected chi connectivity index (χ2v) is 8.43. The van der Waals surface area contributed by atoms with Gasteiger partial charge in [0.2, 0.25) is 0 Å². The van der Waals surface area contributed by atoms with Crippen LogP contribution in [-0.4, -0.2) is 25.1 Å². The number of amides is 1. The predicted molar refractivity (Wildman–Crippen MR) is 126 cm³/mol. The van der Waals surface area contributed by atoms with Gasteiger partial charge in [-0.25, -0.2) is 4.98 Å². The lowest BCUT2D eigenvalue weighted by molar-refractivity contribution is 0.0981. The van der Waals surface area contributed by atoms with Gasteiger partial charge in [-0.1, -0.05) is 59.3 Å². The van der Waals surface area contributed by atoms with E-state index in [0.29, 0.717) is 33.8 Å². The van der Waals surface area contributed by atoms with Crippen LogP contribution < -0.4 is 14.4 Å². The van der Waals surface area contributed by atoms with E-state index in [1.165, 1.54) is 18.4 Å². The van der Waals surface area contributed by atoms with E-state index < -0.39 is 0 Å². The first-order valence-corrected chi connectivity index (χ1v) is 10.8. The second-order valence-electron chi connectivity index (χ2n) is 6.98. The highest BCUT2D eigenvalue weighted by Gasteiger charge is 2.26. The number of aryl methyl sites for hydroxylation is 1. The molecular weight excluding hydrogens is 432 g/mol. The number of methoxy groups -OCH3 is 2. The number of fused-ring (bicyclic) bond motifs is 1. The highest BCUT2D eigenvalue weighted by atomic mass is 35.5. The average molecular weight is 453 g/mol. The number of para-hydroxylation sites is 1. The maximum atomic E-state index is 13.8. The maximum Gasteiger partial charge on any atom is 0.264 e. The molecule has 1 aromatic heterocycles. The van der Waals surface area contributed by atoms with E-state index in [-0.39, 0.29) is 5.91 Å². The number of halogens is 1. The molecule has 4 rings (SSSR count). The number of anilines is 1. The van der Waals surface area contributed by atoms with Crippen molar-refractivity contribution in [3.63, 3.8) is 0 Å². The van der Waals surface area contributed by atoms with Gasteiger partial charge >= 0.3 is 0 Å². The molecule has 3 aromatic carbocycles. The largest absolute Gasteiger partial charge is 0.493 e. The molecule has 31 heavy (non-hydrogen) atoms. The summed E-state index contributed by atoms with van der Waals surface area (Å²) in [5.41, 5.74) is 3.21. The van der Waals surface area contributed by atoms with Crippen LogP contribution in [0.3, 0.4) is 0 Å². The zero-order chi connectivity index (χ0) is 22.0. The Kier molecular flexibility index (Phi) is 6.11. The van der Waals surface area contributed by atoms with Gasteiger partial charge in [0.1, 0.15) is 0 Å². The molecule has 5 nitrogen and oxygen atoms in total.